The average molecular weight is 367 g/mol. The maximum Gasteiger partial charge on any atom is 0.251 e. The lowest BCUT2D eigenvalue weighted by molar-refractivity contribution is -0.130. The molecule has 1 fully saturated rings. The van der Waals surface area contributed by atoms with E-state index in [1.807, 2.05) is 49.4 Å². The van der Waals surface area contributed by atoms with Gasteiger partial charge in [0.25, 0.3) is 5.91 Å². The topological polar surface area (TPSA) is 71.0 Å². The lowest BCUT2D eigenvalue weighted by Crippen LogP contribution is -2.58. The molecule has 6 nitrogen and oxygen atoms in total. The first-order valence-electron chi connectivity index (χ1n) is 8.01. The standard InChI is InChI=1S/C19H17N3O3S/c1-13-7-9-15(10-8-13)22-18(24)16(17(23)21-19(22)26)11-20-25-12-14-5-3-2-4-6-14/h2-11,16H,12H2,1H3,(H,21,23,26)/b20-11-/t16-/m0/s1. The highest BCUT2D eigenvalue weighted by molar-refractivity contribution is 7.80. The van der Waals surface area contributed by atoms with E-state index in [1.165, 1.54) is 11.1 Å². The van der Waals surface area contributed by atoms with Gasteiger partial charge >= 0.3 is 0 Å². The Morgan fingerprint density at radius 2 is 1.85 bits per heavy atom. The Hall–Kier alpha value is -3.06. The second-order valence-electron chi connectivity index (χ2n) is 5.79. The molecule has 0 aliphatic carbocycles. The first-order valence-corrected chi connectivity index (χ1v) is 8.42. The highest BCUT2D eigenvalue weighted by Crippen LogP contribution is 2.20. The number of hydrogen-bond donors (Lipinski definition) is 1. The molecule has 1 heterocycles. The minimum Gasteiger partial charge on any atom is -0.391 e. The Morgan fingerprint density at radius 1 is 1.15 bits per heavy atom. The average Bonchev–Trinajstić information content (AvgIpc) is 2.63. The number of oxime groups is 1. The van der Waals surface area contributed by atoms with E-state index in [9.17, 15) is 9.59 Å². The first-order chi connectivity index (χ1) is 12.6. The summed E-state index contributed by atoms with van der Waals surface area (Å²) in [4.78, 5) is 31.3. The summed E-state index contributed by atoms with van der Waals surface area (Å²) in [5.41, 5.74) is 2.58. The highest BCUT2D eigenvalue weighted by Gasteiger charge is 2.38. The molecule has 1 aliphatic rings. The second-order valence-corrected chi connectivity index (χ2v) is 6.18. The van der Waals surface area contributed by atoms with Crippen molar-refractivity contribution in [2.75, 3.05) is 4.90 Å². The van der Waals surface area contributed by atoms with Gasteiger partial charge in [0.05, 0.1) is 11.9 Å². The van der Waals surface area contributed by atoms with Crippen LogP contribution in [0.2, 0.25) is 0 Å². The third kappa shape index (κ3) is 3.94. The van der Waals surface area contributed by atoms with Crippen LogP contribution in [0.1, 0.15) is 11.1 Å². The Labute approximate surface area is 156 Å². The Balaban J connectivity index is 1.71. The van der Waals surface area contributed by atoms with E-state index in [0.717, 1.165) is 11.1 Å². The number of amides is 2. The molecule has 2 amide bonds. The predicted octanol–water partition coefficient (Wildman–Crippen LogP) is 2.56. The van der Waals surface area contributed by atoms with Gasteiger partial charge in [-0.05, 0) is 36.8 Å². The molecule has 132 valence electrons. The van der Waals surface area contributed by atoms with E-state index in [0.29, 0.717) is 5.69 Å². The van der Waals surface area contributed by atoms with Crippen molar-refractivity contribution in [2.24, 2.45) is 11.1 Å². The van der Waals surface area contributed by atoms with Crippen LogP contribution in [0.15, 0.2) is 59.8 Å². The number of nitrogens with one attached hydrogen (secondary N) is 1. The molecule has 0 unspecified atom stereocenters. The van der Waals surface area contributed by atoms with Gasteiger partial charge < -0.3 is 10.2 Å². The Morgan fingerprint density at radius 3 is 2.54 bits per heavy atom. The van der Waals surface area contributed by atoms with Gasteiger partial charge in [-0.15, -0.1) is 0 Å². The minimum atomic E-state index is -1.10. The van der Waals surface area contributed by atoms with Crippen LogP contribution in [-0.2, 0) is 21.0 Å². The summed E-state index contributed by atoms with van der Waals surface area (Å²) in [5, 5.41) is 6.37. The van der Waals surface area contributed by atoms with Crippen LogP contribution in [0.25, 0.3) is 0 Å². The fourth-order valence-corrected chi connectivity index (χ4v) is 2.75. The van der Waals surface area contributed by atoms with Crippen molar-refractivity contribution in [3.05, 3.63) is 65.7 Å². The number of thiocarbonyl (C=S) groups is 1. The maximum atomic E-state index is 12.7. The molecule has 0 spiro atoms. The van der Waals surface area contributed by atoms with Gasteiger partial charge in [-0.3, -0.25) is 14.5 Å². The number of nitrogens with zero attached hydrogens (tertiary/aromatic N) is 2. The van der Waals surface area contributed by atoms with Crippen LogP contribution >= 0.6 is 12.2 Å². The minimum absolute atomic E-state index is 0.0544. The molecule has 7 heteroatoms. The number of carbonyl (C=O) groups is 2. The summed E-state index contributed by atoms with van der Waals surface area (Å²) in [5.74, 6) is -2.08. The van der Waals surface area contributed by atoms with Gasteiger partial charge in [0.2, 0.25) is 5.91 Å². The molecule has 2 aromatic carbocycles. The zero-order chi connectivity index (χ0) is 18.5. The maximum absolute atomic E-state index is 12.7. The van der Waals surface area contributed by atoms with Gasteiger partial charge in [0.1, 0.15) is 6.61 Å². The fourth-order valence-electron chi connectivity index (χ4n) is 2.45. The predicted molar refractivity (Wildman–Crippen MR) is 103 cm³/mol. The van der Waals surface area contributed by atoms with Crippen LogP contribution in [0, 0.1) is 12.8 Å². The SMILES string of the molecule is Cc1ccc(N2C(=O)[C@@H](/C=N\OCc3ccccc3)C(=O)NC2=S)cc1. The van der Waals surface area contributed by atoms with Crippen LogP contribution < -0.4 is 10.2 Å². The molecule has 1 atom stereocenters. The molecule has 1 N–H and O–H groups in total. The number of carbonyl (C=O) groups excluding carboxylic acids is 2. The number of anilines is 1. The van der Waals surface area contributed by atoms with Gasteiger partial charge in [-0.25, -0.2) is 0 Å². The lowest BCUT2D eigenvalue weighted by Gasteiger charge is -2.30. The van der Waals surface area contributed by atoms with Crippen LogP contribution in [0.4, 0.5) is 5.69 Å². The summed E-state index contributed by atoms with van der Waals surface area (Å²) in [6, 6.07) is 16.8. The monoisotopic (exact) mass is 367 g/mol. The lowest BCUT2D eigenvalue weighted by atomic mass is 10.1. The van der Waals surface area contributed by atoms with E-state index in [4.69, 9.17) is 17.1 Å². The molecule has 3 rings (SSSR count). The molecule has 1 saturated heterocycles. The molecule has 0 radical (unpaired) electrons. The molecule has 0 aromatic heterocycles. The number of hydrogen-bond acceptors (Lipinski definition) is 5. The van der Waals surface area contributed by atoms with Gasteiger partial charge in [0, 0.05) is 0 Å². The van der Waals surface area contributed by atoms with E-state index in [1.54, 1.807) is 12.1 Å². The summed E-state index contributed by atoms with van der Waals surface area (Å²) < 4.78 is 0. The zero-order valence-corrected chi connectivity index (χ0v) is 14.9. The number of benzene rings is 2. The summed E-state index contributed by atoms with van der Waals surface area (Å²) >= 11 is 5.15. The highest BCUT2D eigenvalue weighted by atomic mass is 32.1. The summed E-state index contributed by atoms with van der Waals surface area (Å²) in [6.45, 7) is 2.20. The van der Waals surface area contributed by atoms with Crippen LogP contribution in [0.3, 0.4) is 0 Å². The number of aryl methyl sites for hydroxylation is 1. The van der Waals surface area contributed by atoms with Gasteiger partial charge in [0.15, 0.2) is 11.0 Å². The van der Waals surface area contributed by atoms with Crippen molar-refractivity contribution < 1.29 is 14.4 Å². The molecule has 1 aliphatic heterocycles. The molecule has 2 aromatic rings. The van der Waals surface area contributed by atoms with Crippen LogP contribution in [-0.4, -0.2) is 23.1 Å². The van der Waals surface area contributed by atoms with Crippen molar-refractivity contribution in [3.63, 3.8) is 0 Å². The Bertz CT molecular complexity index is 850. The van der Waals surface area contributed by atoms with E-state index >= 15 is 0 Å². The van der Waals surface area contributed by atoms with E-state index < -0.39 is 17.7 Å². The molecular formula is C19H17N3O3S. The third-order valence-corrected chi connectivity index (χ3v) is 4.14. The fraction of sp³-hybridized carbons (Fsp3) is 0.158. The van der Waals surface area contributed by atoms with E-state index in [-0.39, 0.29) is 11.7 Å². The first kappa shape index (κ1) is 17.8. The molecule has 0 bridgehead atoms. The van der Waals surface area contributed by atoms with Crippen molar-refractivity contribution in [2.45, 2.75) is 13.5 Å². The van der Waals surface area contributed by atoms with E-state index in [2.05, 4.69) is 10.5 Å². The molecule has 26 heavy (non-hydrogen) atoms. The quantitative estimate of drug-likeness (QED) is 0.382. The summed E-state index contributed by atoms with van der Waals surface area (Å²) in [6.07, 6.45) is 1.20. The van der Waals surface area contributed by atoms with Crippen molar-refractivity contribution in [1.29, 1.82) is 0 Å². The van der Waals surface area contributed by atoms with Crippen molar-refractivity contribution >= 4 is 41.0 Å². The van der Waals surface area contributed by atoms with Gasteiger partial charge in [-0.2, -0.15) is 0 Å². The van der Waals surface area contributed by atoms with Gasteiger partial charge in [-0.1, -0.05) is 53.2 Å². The normalized spacial score (nSPS) is 17.5. The smallest absolute Gasteiger partial charge is 0.251 e. The van der Waals surface area contributed by atoms with Crippen molar-refractivity contribution in [1.82, 2.24) is 5.32 Å². The van der Waals surface area contributed by atoms with Crippen LogP contribution in [0.5, 0.6) is 0 Å². The van der Waals surface area contributed by atoms with Crippen molar-refractivity contribution in [3.8, 4) is 0 Å². The zero-order valence-electron chi connectivity index (χ0n) is 14.1. The third-order valence-electron chi connectivity index (χ3n) is 3.85. The second kappa shape index (κ2) is 7.88. The molecular weight excluding hydrogens is 350 g/mol. The number of rotatable bonds is 5. The molecule has 0 saturated carbocycles. The Kier molecular flexibility index (Phi) is 5.38. The summed E-state index contributed by atoms with van der Waals surface area (Å²) in [7, 11) is 0. The largest absolute Gasteiger partial charge is 0.391 e.